The molecule has 0 saturated carbocycles. The quantitative estimate of drug-likeness (QED) is 0.701. The highest BCUT2D eigenvalue weighted by Crippen LogP contribution is 2.45. The number of carbonyl (C=O) groups is 1. The summed E-state index contributed by atoms with van der Waals surface area (Å²) < 4.78 is 0. The van der Waals surface area contributed by atoms with E-state index in [1.165, 1.54) is 6.42 Å². The first-order valence-corrected chi connectivity index (χ1v) is 7.63. The summed E-state index contributed by atoms with van der Waals surface area (Å²) in [4.78, 5) is 16.6. The van der Waals surface area contributed by atoms with E-state index in [1.54, 1.807) is 6.08 Å². The van der Waals surface area contributed by atoms with Gasteiger partial charge in [-0.2, -0.15) is 0 Å². The highest BCUT2D eigenvalue weighted by atomic mass is 16.3. The van der Waals surface area contributed by atoms with Crippen LogP contribution in [-0.4, -0.2) is 58.1 Å². The number of aliphatic hydroxyl groups is 1. The molecule has 4 aliphatic rings. The molecular formula is C15H22N2O2. The summed E-state index contributed by atoms with van der Waals surface area (Å²) in [5, 5.41) is 11.1. The van der Waals surface area contributed by atoms with E-state index in [4.69, 9.17) is 0 Å². The zero-order valence-electron chi connectivity index (χ0n) is 11.3. The average molecular weight is 262 g/mol. The summed E-state index contributed by atoms with van der Waals surface area (Å²) in [6, 6.07) is 0.610. The molecule has 4 aliphatic heterocycles. The molecule has 0 unspecified atom stereocenters. The van der Waals surface area contributed by atoms with Crippen molar-refractivity contribution < 1.29 is 9.90 Å². The van der Waals surface area contributed by atoms with Crippen LogP contribution in [0.1, 0.15) is 32.1 Å². The van der Waals surface area contributed by atoms with Crippen LogP contribution in [0.4, 0.5) is 0 Å². The molecule has 4 heterocycles. The molecule has 4 atom stereocenters. The van der Waals surface area contributed by atoms with Gasteiger partial charge >= 0.3 is 0 Å². The number of fused-ring (bicyclic) bond motifs is 2. The lowest BCUT2D eigenvalue weighted by Gasteiger charge is -2.61. The minimum absolute atomic E-state index is 0.103. The molecule has 0 aliphatic carbocycles. The molecule has 4 nitrogen and oxygen atoms in total. The smallest absolute Gasteiger partial charge is 0.246 e. The zero-order chi connectivity index (χ0) is 13.0. The number of carbonyl (C=O) groups excluding carboxylic acids is 1. The van der Waals surface area contributed by atoms with Crippen LogP contribution in [0, 0.1) is 5.92 Å². The summed E-state index contributed by atoms with van der Waals surface area (Å²) in [6.45, 7) is 2.79. The first kappa shape index (κ1) is 11.9. The Morgan fingerprint density at radius 1 is 1.32 bits per heavy atom. The Hall–Kier alpha value is -0.870. The second kappa shape index (κ2) is 4.06. The van der Waals surface area contributed by atoms with Crippen molar-refractivity contribution in [3.63, 3.8) is 0 Å². The van der Waals surface area contributed by atoms with Crippen LogP contribution in [0.5, 0.6) is 0 Å². The van der Waals surface area contributed by atoms with Gasteiger partial charge in [-0.1, -0.05) is 6.08 Å². The van der Waals surface area contributed by atoms with Crippen molar-refractivity contribution in [1.82, 2.24) is 9.80 Å². The van der Waals surface area contributed by atoms with Gasteiger partial charge < -0.3 is 10.0 Å². The Labute approximate surface area is 114 Å². The lowest BCUT2D eigenvalue weighted by Crippen LogP contribution is -2.73. The largest absolute Gasteiger partial charge is 0.386 e. The fourth-order valence-corrected chi connectivity index (χ4v) is 4.99. The van der Waals surface area contributed by atoms with Gasteiger partial charge in [-0.25, -0.2) is 0 Å². The molecule has 0 spiro atoms. The van der Waals surface area contributed by atoms with Crippen LogP contribution >= 0.6 is 0 Å². The van der Waals surface area contributed by atoms with E-state index in [2.05, 4.69) is 4.90 Å². The average Bonchev–Trinajstić information content (AvgIpc) is 2.40. The highest BCUT2D eigenvalue weighted by molar-refractivity contribution is 5.89. The Morgan fingerprint density at radius 3 is 3.05 bits per heavy atom. The van der Waals surface area contributed by atoms with E-state index < -0.39 is 5.60 Å². The van der Waals surface area contributed by atoms with Crippen molar-refractivity contribution in [2.75, 3.05) is 19.6 Å². The predicted molar refractivity (Wildman–Crippen MR) is 71.5 cm³/mol. The van der Waals surface area contributed by atoms with E-state index in [-0.39, 0.29) is 11.9 Å². The summed E-state index contributed by atoms with van der Waals surface area (Å²) in [5.41, 5.74) is -0.666. The number of piperidine rings is 3. The molecule has 0 radical (unpaired) electrons. The predicted octanol–water partition coefficient (Wildman–Crippen LogP) is 0.763. The molecule has 0 aromatic rings. The minimum atomic E-state index is -0.666. The molecule has 0 bridgehead atoms. The summed E-state index contributed by atoms with van der Waals surface area (Å²) in [7, 11) is 0. The van der Waals surface area contributed by atoms with Gasteiger partial charge in [0.1, 0.15) is 0 Å². The molecule has 0 aromatic carbocycles. The van der Waals surface area contributed by atoms with E-state index in [1.807, 2.05) is 11.0 Å². The molecular weight excluding hydrogens is 240 g/mol. The topological polar surface area (TPSA) is 43.8 Å². The minimum Gasteiger partial charge on any atom is -0.386 e. The Morgan fingerprint density at radius 2 is 2.16 bits per heavy atom. The molecule has 4 rings (SSSR count). The van der Waals surface area contributed by atoms with Gasteiger partial charge in [0, 0.05) is 12.1 Å². The van der Waals surface area contributed by atoms with Crippen LogP contribution in [0.15, 0.2) is 12.2 Å². The summed E-state index contributed by atoms with van der Waals surface area (Å²) >= 11 is 0. The van der Waals surface area contributed by atoms with Crippen molar-refractivity contribution in [3.05, 3.63) is 12.2 Å². The summed E-state index contributed by atoms with van der Waals surface area (Å²) in [5.74, 6) is 0.563. The molecule has 4 heteroatoms. The third-order valence-corrected chi connectivity index (χ3v) is 5.65. The number of amides is 1. The van der Waals surface area contributed by atoms with Gasteiger partial charge in [0.25, 0.3) is 0 Å². The van der Waals surface area contributed by atoms with E-state index in [0.717, 1.165) is 38.8 Å². The van der Waals surface area contributed by atoms with Crippen molar-refractivity contribution in [3.8, 4) is 0 Å². The van der Waals surface area contributed by atoms with Gasteiger partial charge in [-0.05, 0) is 57.2 Å². The molecule has 3 saturated heterocycles. The maximum absolute atomic E-state index is 12.1. The Kier molecular flexibility index (Phi) is 2.55. The van der Waals surface area contributed by atoms with E-state index >= 15 is 0 Å². The third-order valence-electron chi connectivity index (χ3n) is 5.65. The first-order valence-electron chi connectivity index (χ1n) is 7.63. The monoisotopic (exact) mass is 262 g/mol. The zero-order valence-corrected chi connectivity index (χ0v) is 11.3. The Bertz CT molecular complexity index is 434. The van der Waals surface area contributed by atoms with Crippen molar-refractivity contribution in [1.29, 1.82) is 0 Å². The van der Waals surface area contributed by atoms with Gasteiger partial charge in [0.05, 0.1) is 12.1 Å². The first-order chi connectivity index (χ1) is 9.19. The van der Waals surface area contributed by atoms with Crippen LogP contribution in [-0.2, 0) is 4.79 Å². The second-order valence-corrected chi connectivity index (χ2v) is 6.67. The van der Waals surface area contributed by atoms with Crippen LogP contribution in [0.2, 0.25) is 0 Å². The standard InChI is InChI=1S/C15H22N2O2/c18-13-6-1-5-12-11-4-2-8-16-9-3-7-15(19,14(11)16)10-17(12)13/h1,6,11-12,14,19H,2-5,7-10H2/t11-,12-,14-,15-/m1/s1. The van der Waals surface area contributed by atoms with E-state index in [9.17, 15) is 9.90 Å². The third kappa shape index (κ3) is 1.62. The molecule has 1 amide bonds. The SMILES string of the molecule is O=C1C=CC[C@@H]2[C@H]3CCCN4CCC[C@@](O)(CN12)[C@@H]34. The van der Waals surface area contributed by atoms with Gasteiger partial charge in [-0.3, -0.25) is 9.69 Å². The van der Waals surface area contributed by atoms with Crippen molar-refractivity contribution in [2.45, 2.75) is 49.8 Å². The molecule has 19 heavy (non-hydrogen) atoms. The van der Waals surface area contributed by atoms with E-state index in [0.29, 0.717) is 18.5 Å². The maximum Gasteiger partial charge on any atom is 0.246 e. The second-order valence-electron chi connectivity index (χ2n) is 6.67. The normalized spacial score (nSPS) is 45.8. The Balaban J connectivity index is 1.74. The van der Waals surface area contributed by atoms with Crippen LogP contribution < -0.4 is 0 Å². The lowest BCUT2D eigenvalue weighted by atomic mass is 9.66. The number of hydrogen-bond acceptors (Lipinski definition) is 3. The van der Waals surface area contributed by atoms with Crippen molar-refractivity contribution >= 4 is 5.91 Å². The number of rotatable bonds is 0. The van der Waals surface area contributed by atoms with Crippen molar-refractivity contribution in [2.24, 2.45) is 5.92 Å². The van der Waals surface area contributed by atoms with Gasteiger partial charge in [0.15, 0.2) is 0 Å². The number of nitrogens with zero attached hydrogens (tertiary/aromatic N) is 2. The lowest BCUT2D eigenvalue weighted by molar-refractivity contribution is -0.183. The summed E-state index contributed by atoms with van der Waals surface area (Å²) in [6.07, 6.45) is 8.95. The van der Waals surface area contributed by atoms with Gasteiger partial charge in [-0.15, -0.1) is 0 Å². The molecule has 104 valence electrons. The molecule has 3 fully saturated rings. The number of hydrogen-bond donors (Lipinski definition) is 1. The van der Waals surface area contributed by atoms with Gasteiger partial charge in [0.2, 0.25) is 5.91 Å². The maximum atomic E-state index is 12.1. The fourth-order valence-electron chi connectivity index (χ4n) is 4.99. The van der Waals surface area contributed by atoms with Crippen LogP contribution in [0.25, 0.3) is 0 Å². The highest BCUT2D eigenvalue weighted by Gasteiger charge is 2.56. The molecule has 0 aromatic heterocycles. The fraction of sp³-hybridized carbons (Fsp3) is 0.800. The van der Waals surface area contributed by atoms with Crippen LogP contribution in [0.3, 0.4) is 0 Å². The molecule has 1 N–H and O–H groups in total.